The zero-order chi connectivity index (χ0) is 76.4. The Hall–Kier alpha value is -2.46. The lowest BCUT2D eigenvalue weighted by molar-refractivity contribution is -0.161. The molecular weight excluding hydrogens is 1350 g/mol. The first-order valence-electron chi connectivity index (χ1n) is 43.4. The van der Waals surface area contributed by atoms with E-state index in [2.05, 4.69) is 65.8 Å². The Morgan fingerprint density at radius 1 is 0.308 bits per heavy atom. The van der Waals surface area contributed by atoms with Gasteiger partial charge in [-0.25, -0.2) is 9.13 Å². The van der Waals surface area contributed by atoms with Gasteiger partial charge in [-0.2, -0.15) is 0 Å². The monoisotopic (exact) mass is 1520 g/mol. The fourth-order valence-corrected chi connectivity index (χ4v) is 14.2. The van der Waals surface area contributed by atoms with Gasteiger partial charge in [0, 0.05) is 25.7 Å². The second-order valence-electron chi connectivity index (χ2n) is 30.4. The van der Waals surface area contributed by atoms with Gasteiger partial charge >= 0.3 is 39.5 Å². The van der Waals surface area contributed by atoms with E-state index in [1.54, 1.807) is 0 Å². The summed E-state index contributed by atoms with van der Waals surface area (Å²) in [6.45, 7) is 9.63. The largest absolute Gasteiger partial charge is 0.472 e. The lowest BCUT2D eigenvalue weighted by Gasteiger charge is -2.21. The van der Waals surface area contributed by atoms with Crippen molar-refractivity contribution in [2.24, 2.45) is 11.8 Å². The Morgan fingerprint density at radius 3 is 0.817 bits per heavy atom. The van der Waals surface area contributed by atoms with Crippen molar-refractivity contribution in [2.75, 3.05) is 39.6 Å². The number of phosphoric ester groups is 2. The molecule has 17 nitrogen and oxygen atoms in total. The molecule has 0 aromatic heterocycles. The zero-order valence-electron chi connectivity index (χ0n) is 67.8. The molecule has 0 aromatic rings. The molecule has 0 aliphatic heterocycles. The maximum absolute atomic E-state index is 13.1. The molecular formula is C85H162O17P2. The average Bonchev–Trinajstić information content (AvgIpc) is 0.912. The fourth-order valence-electron chi connectivity index (χ4n) is 12.6. The lowest BCUT2D eigenvalue weighted by atomic mass is 9.99. The van der Waals surface area contributed by atoms with E-state index in [1.807, 2.05) is 0 Å². The highest BCUT2D eigenvalue weighted by Crippen LogP contribution is 2.45. The van der Waals surface area contributed by atoms with Gasteiger partial charge in [-0.15, -0.1) is 0 Å². The first-order chi connectivity index (χ1) is 50.4. The van der Waals surface area contributed by atoms with Crippen molar-refractivity contribution >= 4 is 39.5 Å². The van der Waals surface area contributed by atoms with E-state index in [-0.39, 0.29) is 25.7 Å². The topological polar surface area (TPSA) is 237 Å². The number of unbranched alkanes of at least 4 members (excludes halogenated alkanes) is 47. The molecule has 0 fully saturated rings. The van der Waals surface area contributed by atoms with Gasteiger partial charge < -0.3 is 33.8 Å². The summed E-state index contributed by atoms with van der Waals surface area (Å²) in [5.41, 5.74) is 0. The summed E-state index contributed by atoms with van der Waals surface area (Å²) in [4.78, 5) is 72.8. The molecule has 0 aliphatic carbocycles. The van der Waals surface area contributed by atoms with Crippen LogP contribution in [0.2, 0.25) is 0 Å². The highest BCUT2D eigenvalue weighted by molar-refractivity contribution is 7.47. The van der Waals surface area contributed by atoms with Crippen molar-refractivity contribution in [2.45, 2.75) is 445 Å². The maximum Gasteiger partial charge on any atom is 0.472 e. The summed E-state index contributed by atoms with van der Waals surface area (Å²) in [7, 11) is -9.93. The molecule has 0 radical (unpaired) electrons. The van der Waals surface area contributed by atoms with E-state index in [0.29, 0.717) is 25.7 Å². The third kappa shape index (κ3) is 75.0. The molecule has 104 heavy (non-hydrogen) atoms. The Labute approximate surface area is 637 Å². The number of hydrogen-bond donors (Lipinski definition) is 3. The number of phosphoric acid groups is 2. The van der Waals surface area contributed by atoms with Gasteiger partial charge in [0.15, 0.2) is 12.2 Å². The van der Waals surface area contributed by atoms with Gasteiger partial charge in [-0.3, -0.25) is 37.3 Å². The molecule has 0 rings (SSSR count). The van der Waals surface area contributed by atoms with Crippen LogP contribution in [0.1, 0.15) is 427 Å². The fraction of sp³-hybridized carbons (Fsp3) is 0.906. The van der Waals surface area contributed by atoms with Crippen LogP contribution in [0.5, 0.6) is 0 Å². The quantitative estimate of drug-likeness (QED) is 0.0169. The molecule has 0 heterocycles. The van der Waals surface area contributed by atoms with Gasteiger partial charge in [0.05, 0.1) is 26.4 Å². The van der Waals surface area contributed by atoms with Gasteiger partial charge in [0.25, 0.3) is 0 Å². The lowest BCUT2D eigenvalue weighted by Crippen LogP contribution is -2.30. The second kappa shape index (κ2) is 75.9. The minimum atomic E-state index is -4.97. The number of aliphatic hydroxyl groups excluding tert-OH is 1. The van der Waals surface area contributed by atoms with Crippen molar-refractivity contribution in [1.29, 1.82) is 0 Å². The highest BCUT2D eigenvalue weighted by atomic mass is 31.2. The van der Waals surface area contributed by atoms with E-state index in [1.165, 1.54) is 225 Å². The summed E-state index contributed by atoms with van der Waals surface area (Å²) in [6, 6.07) is 0. The zero-order valence-corrected chi connectivity index (χ0v) is 69.6. The first kappa shape index (κ1) is 102. The summed E-state index contributed by atoms with van der Waals surface area (Å²) in [6.07, 6.45) is 70.7. The Kier molecular flexibility index (Phi) is 74.1. The van der Waals surface area contributed by atoms with Crippen LogP contribution in [0.25, 0.3) is 0 Å². The summed E-state index contributed by atoms with van der Waals surface area (Å²) < 4.78 is 68.5. The molecule has 0 spiro atoms. The Balaban J connectivity index is 5.13. The van der Waals surface area contributed by atoms with E-state index in [4.69, 9.17) is 37.0 Å². The number of ether oxygens (including phenoxy) is 4. The summed E-state index contributed by atoms with van der Waals surface area (Å²) in [5.74, 6) is -0.405. The molecule has 0 bridgehead atoms. The normalized spacial score (nSPS) is 14.5. The van der Waals surface area contributed by atoms with Gasteiger partial charge in [0.2, 0.25) is 0 Å². The number of carbonyl (C=O) groups is 4. The van der Waals surface area contributed by atoms with Gasteiger partial charge in [0.1, 0.15) is 19.3 Å². The summed E-state index contributed by atoms with van der Waals surface area (Å²) >= 11 is 0. The van der Waals surface area contributed by atoms with Crippen LogP contribution in [0.4, 0.5) is 0 Å². The third-order valence-corrected chi connectivity index (χ3v) is 22.0. The van der Waals surface area contributed by atoms with Crippen molar-refractivity contribution < 1.29 is 80.2 Å². The molecule has 0 amide bonds. The van der Waals surface area contributed by atoms with Crippen molar-refractivity contribution in [1.82, 2.24) is 0 Å². The predicted molar refractivity (Wildman–Crippen MR) is 427 cm³/mol. The van der Waals surface area contributed by atoms with E-state index < -0.39 is 97.5 Å². The van der Waals surface area contributed by atoms with E-state index in [9.17, 15) is 43.2 Å². The van der Waals surface area contributed by atoms with Gasteiger partial charge in [-0.05, 0) is 63.2 Å². The predicted octanol–water partition coefficient (Wildman–Crippen LogP) is 25.4. The number of allylic oxidation sites excluding steroid dienone is 4. The van der Waals surface area contributed by atoms with E-state index >= 15 is 0 Å². The standard InChI is InChI=1S/C85H162O17P2/c1-7-11-13-15-16-17-18-19-28-36-41-46-51-57-63-69-84(89)101-80(73-95-82(87)67-61-53-14-12-8-2)75-99-103(91,92)97-71-79(86)72-98-104(93,94)100-76-81(102-85(90)70-64-58-52-47-42-37-32-27-23-21-25-30-34-39-44-49-55-60-66-78(6)10-4)74-96-83(88)68-62-56-50-45-40-35-31-26-22-20-24-29-33-38-43-48-54-59-65-77(5)9-3/h17-19,28,77-81,86H,7-16,20-27,29-76H2,1-6H3,(H,91,92)(H,93,94)/b18-17-,28-19-/t77?,78?,79-,80+,81+/m0/s1. The number of aliphatic hydroxyl groups is 1. The van der Waals surface area contributed by atoms with E-state index in [0.717, 1.165) is 121 Å². The molecule has 0 aliphatic rings. The van der Waals surface area contributed by atoms with Crippen LogP contribution in [0.3, 0.4) is 0 Å². The number of esters is 4. The molecule has 0 aromatic carbocycles. The maximum atomic E-state index is 13.1. The van der Waals surface area contributed by atoms with Crippen molar-refractivity contribution in [3.63, 3.8) is 0 Å². The number of rotatable bonds is 82. The van der Waals surface area contributed by atoms with Crippen LogP contribution in [-0.2, 0) is 65.4 Å². The molecule has 7 atom stereocenters. The Bertz CT molecular complexity index is 2090. The molecule has 19 heteroatoms. The number of carbonyl (C=O) groups excluding carboxylic acids is 4. The minimum absolute atomic E-state index is 0.0843. The summed E-state index contributed by atoms with van der Waals surface area (Å²) in [5, 5.41) is 10.6. The van der Waals surface area contributed by atoms with Crippen molar-refractivity contribution in [3.05, 3.63) is 24.3 Å². The van der Waals surface area contributed by atoms with Crippen LogP contribution in [0.15, 0.2) is 24.3 Å². The highest BCUT2D eigenvalue weighted by Gasteiger charge is 2.30. The van der Waals surface area contributed by atoms with Crippen LogP contribution in [-0.4, -0.2) is 96.7 Å². The average molecular weight is 1520 g/mol. The second-order valence-corrected chi connectivity index (χ2v) is 33.3. The molecule has 4 unspecified atom stereocenters. The van der Waals surface area contributed by atoms with Gasteiger partial charge in [-0.1, -0.05) is 374 Å². The molecule has 614 valence electrons. The Morgan fingerprint density at radius 2 is 0.538 bits per heavy atom. The van der Waals surface area contributed by atoms with Crippen molar-refractivity contribution in [3.8, 4) is 0 Å². The number of hydrogen-bond acceptors (Lipinski definition) is 15. The van der Waals surface area contributed by atoms with Crippen LogP contribution < -0.4 is 0 Å². The molecule has 0 saturated carbocycles. The SMILES string of the molecule is CCCCCC/C=C\C=C/CCCCCCCC(=O)O[C@H](COC(=O)CCCCCCC)COP(=O)(O)OC[C@H](O)COP(=O)(O)OC[C@@H](COC(=O)CCCCCCCCCCCCCCCCCCCCC(C)CC)OC(=O)CCCCCCCCCCCCCCCCCCCCC(C)CC. The minimum Gasteiger partial charge on any atom is -0.462 e. The molecule has 0 saturated heterocycles. The van der Waals surface area contributed by atoms with Crippen LogP contribution >= 0.6 is 15.6 Å². The first-order valence-corrected chi connectivity index (χ1v) is 46.4. The third-order valence-electron chi connectivity index (χ3n) is 20.1. The van der Waals surface area contributed by atoms with Crippen LogP contribution in [0, 0.1) is 11.8 Å². The smallest absolute Gasteiger partial charge is 0.462 e. The molecule has 3 N–H and O–H groups in total.